The van der Waals surface area contributed by atoms with Crippen LogP contribution in [0.15, 0.2) is 84.9 Å². The SMILES string of the molecule is O=C(COc1ccccc1)N(O)c1ccc(/C=C\c2ccccc2)cc1. The maximum Gasteiger partial charge on any atom is 0.288 e. The molecule has 0 aliphatic rings. The van der Waals surface area contributed by atoms with E-state index in [4.69, 9.17) is 4.74 Å². The predicted octanol–water partition coefficient (Wildman–Crippen LogP) is 4.66. The molecule has 0 saturated heterocycles. The highest BCUT2D eigenvalue weighted by Crippen LogP contribution is 2.16. The van der Waals surface area contributed by atoms with Gasteiger partial charge in [-0.1, -0.05) is 72.8 Å². The number of hydrogen-bond donors (Lipinski definition) is 1. The number of amides is 1. The van der Waals surface area contributed by atoms with Gasteiger partial charge in [-0.3, -0.25) is 10.0 Å². The Bertz CT molecular complexity index is 859. The number of hydrogen-bond acceptors (Lipinski definition) is 3. The van der Waals surface area contributed by atoms with E-state index in [2.05, 4.69) is 0 Å². The van der Waals surface area contributed by atoms with Gasteiger partial charge in [0.05, 0.1) is 5.69 Å². The van der Waals surface area contributed by atoms with Gasteiger partial charge < -0.3 is 4.74 Å². The molecule has 0 aliphatic carbocycles. The normalized spacial score (nSPS) is 10.7. The number of carbonyl (C=O) groups is 1. The summed E-state index contributed by atoms with van der Waals surface area (Å²) in [6.45, 7) is -0.240. The van der Waals surface area contributed by atoms with Crippen molar-refractivity contribution in [2.24, 2.45) is 0 Å². The molecule has 0 atom stereocenters. The smallest absolute Gasteiger partial charge is 0.288 e. The molecule has 1 N–H and O–H groups in total. The fourth-order valence-electron chi connectivity index (χ4n) is 2.35. The van der Waals surface area contributed by atoms with E-state index in [1.54, 1.807) is 24.3 Å². The summed E-state index contributed by atoms with van der Waals surface area (Å²) >= 11 is 0. The van der Waals surface area contributed by atoms with Crippen molar-refractivity contribution in [1.29, 1.82) is 0 Å². The van der Waals surface area contributed by atoms with Gasteiger partial charge in [0.1, 0.15) is 5.75 Å². The van der Waals surface area contributed by atoms with Gasteiger partial charge in [0.2, 0.25) is 0 Å². The number of hydroxylamine groups is 1. The molecule has 3 aromatic carbocycles. The molecule has 0 bridgehead atoms. The van der Waals surface area contributed by atoms with Crippen LogP contribution >= 0.6 is 0 Å². The zero-order valence-corrected chi connectivity index (χ0v) is 14.2. The Labute approximate surface area is 152 Å². The molecule has 0 spiro atoms. The van der Waals surface area contributed by atoms with Crippen molar-refractivity contribution in [3.63, 3.8) is 0 Å². The van der Waals surface area contributed by atoms with Crippen molar-refractivity contribution in [1.82, 2.24) is 0 Å². The van der Waals surface area contributed by atoms with Crippen molar-refractivity contribution >= 4 is 23.7 Å². The topological polar surface area (TPSA) is 49.8 Å². The van der Waals surface area contributed by atoms with E-state index < -0.39 is 5.91 Å². The second-order valence-corrected chi connectivity index (χ2v) is 5.64. The number of rotatable bonds is 6. The van der Waals surface area contributed by atoms with Crippen LogP contribution in [-0.2, 0) is 4.79 Å². The average molecular weight is 345 g/mol. The van der Waals surface area contributed by atoms with Crippen LogP contribution in [0.5, 0.6) is 5.75 Å². The zero-order valence-electron chi connectivity index (χ0n) is 14.2. The first-order valence-corrected chi connectivity index (χ1v) is 8.25. The van der Waals surface area contributed by atoms with Crippen LogP contribution < -0.4 is 9.80 Å². The van der Waals surface area contributed by atoms with Gasteiger partial charge in [0.25, 0.3) is 5.91 Å². The van der Waals surface area contributed by atoms with Crippen molar-refractivity contribution in [3.05, 3.63) is 96.1 Å². The standard InChI is InChI=1S/C22H19NO3/c24-22(17-26-21-9-5-2-6-10-21)23(25)20-15-13-19(14-16-20)12-11-18-7-3-1-4-8-18/h1-16,25H,17H2/b12-11-. The van der Waals surface area contributed by atoms with Gasteiger partial charge in [-0.05, 0) is 35.4 Å². The summed E-state index contributed by atoms with van der Waals surface area (Å²) in [4.78, 5) is 12.0. The van der Waals surface area contributed by atoms with Crippen LogP contribution in [-0.4, -0.2) is 17.7 Å². The Hall–Kier alpha value is -3.37. The first-order valence-electron chi connectivity index (χ1n) is 8.25. The number of nitrogens with zero attached hydrogens (tertiary/aromatic N) is 1. The van der Waals surface area contributed by atoms with Gasteiger partial charge in [-0.25, -0.2) is 0 Å². The van der Waals surface area contributed by atoms with Gasteiger partial charge in [0, 0.05) is 0 Å². The lowest BCUT2D eigenvalue weighted by Gasteiger charge is -2.15. The molecule has 0 fully saturated rings. The fraction of sp³-hybridized carbons (Fsp3) is 0.0455. The third-order valence-electron chi connectivity index (χ3n) is 3.75. The Kier molecular flexibility index (Phi) is 5.80. The molecule has 130 valence electrons. The van der Waals surface area contributed by atoms with E-state index in [1.807, 2.05) is 72.8 Å². The van der Waals surface area contributed by atoms with Crippen molar-refractivity contribution in [3.8, 4) is 5.75 Å². The minimum atomic E-state index is -0.540. The quantitative estimate of drug-likeness (QED) is 0.402. The summed E-state index contributed by atoms with van der Waals surface area (Å²) in [5.41, 5.74) is 2.47. The number of benzene rings is 3. The number of carbonyl (C=O) groups excluding carboxylic acids is 1. The van der Waals surface area contributed by atoms with Crippen LogP contribution in [0.2, 0.25) is 0 Å². The van der Waals surface area contributed by atoms with E-state index in [1.165, 1.54) is 0 Å². The summed E-state index contributed by atoms with van der Waals surface area (Å²) in [5.74, 6) is 0.0390. The average Bonchev–Trinajstić information content (AvgIpc) is 2.72. The maximum absolute atomic E-state index is 12.0. The highest BCUT2D eigenvalue weighted by molar-refractivity contribution is 5.92. The lowest BCUT2D eigenvalue weighted by atomic mass is 10.1. The van der Waals surface area contributed by atoms with Crippen LogP contribution in [0, 0.1) is 0 Å². The minimum Gasteiger partial charge on any atom is -0.484 e. The van der Waals surface area contributed by atoms with Crippen LogP contribution in [0.25, 0.3) is 12.2 Å². The van der Waals surface area contributed by atoms with E-state index in [-0.39, 0.29) is 6.61 Å². The second-order valence-electron chi connectivity index (χ2n) is 5.64. The number of ether oxygens (including phenoxy) is 1. The van der Waals surface area contributed by atoms with E-state index in [0.29, 0.717) is 16.5 Å². The third kappa shape index (κ3) is 4.82. The Morgan fingerprint density at radius 3 is 1.96 bits per heavy atom. The van der Waals surface area contributed by atoms with E-state index in [0.717, 1.165) is 11.1 Å². The highest BCUT2D eigenvalue weighted by atomic mass is 16.5. The molecule has 1 amide bonds. The van der Waals surface area contributed by atoms with Gasteiger partial charge in [-0.15, -0.1) is 0 Å². The maximum atomic E-state index is 12.0. The molecule has 0 heterocycles. The molecule has 0 aliphatic heterocycles. The third-order valence-corrected chi connectivity index (χ3v) is 3.75. The minimum absolute atomic E-state index is 0.240. The summed E-state index contributed by atoms with van der Waals surface area (Å²) in [7, 11) is 0. The summed E-state index contributed by atoms with van der Waals surface area (Å²) in [6.07, 6.45) is 3.98. The van der Waals surface area contributed by atoms with Crippen LogP contribution in [0.1, 0.15) is 11.1 Å². The van der Waals surface area contributed by atoms with Gasteiger partial charge >= 0.3 is 0 Å². The molecule has 4 heteroatoms. The molecule has 26 heavy (non-hydrogen) atoms. The largest absolute Gasteiger partial charge is 0.484 e. The number of para-hydroxylation sites is 1. The van der Waals surface area contributed by atoms with E-state index in [9.17, 15) is 10.0 Å². The Morgan fingerprint density at radius 1 is 0.808 bits per heavy atom. The Morgan fingerprint density at radius 2 is 1.35 bits per heavy atom. The fourth-order valence-corrected chi connectivity index (χ4v) is 2.35. The van der Waals surface area contributed by atoms with Crippen molar-refractivity contribution < 1.29 is 14.7 Å². The molecular weight excluding hydrogens is 326 g/mol. The Balaban J connectivity index is 1.58. The van der Waals surface area contributed by atoms with Crippen molar-refractivity contribution in [2.45, 2.75) is 0 Å². The van der Waals surface area contributed by atoms with Crippen LogP contribution in [0.4, 0.5) is 5.69 Å². The molecule has 0 unspecified atom stereocenters. The second kappa shape index (κ2) is 8.65. The monoisotopic (exact) mass is 345 g/mol. The highest BCUT2D eigenvalue weighted by Gasteiger charge is 2.13. The molecule has 3 aromatic rings. The van der Waals surface area contributed by atoms with E-state index >= 15 is 0 Å². The molecular formula is C22H19NO3. The summed E-state index contributed by atoms with van der Waals surface area (Å²) < 4.78 is 5.36. The summed E-state index contributed by atoms with van der Waals surface area (Å²) in [6, 6.07) is 26.0. The van der Waals surface area contributed by atoms with Gasteiger partial charge in [-0.2, -0.15) is 5.06 Å². The van der Waals surface area contributed by atoms with Crippen molar-refractivity contribution in [2.75, 3.05) is 11.7 Å². The molecule has 0 radical (unpaired) electrons. The molecule has 3 rings (SSSR count). The summed E-state index contributed by atoms with van der Waals surface area (Å²) in [5, 5.41) is 10.7. The first-order chi connectivity index (χ1) is 12.7. The molecule has 0 saturated carbocycles. The first kappa shape index (κ1) is 17.5. The number of anilines is 1. The predicted molar refractivity (Wildman–Crippen MR) is 103 cm³/mol. The van der Waals surface area contributed by atoms with Crippen LogP contribution in [0.3, 0.4) is 0 Å². The lowest BCUT2D eigenvalue weighted by Crippen LogP contribution is -2.31. The van der Waals surface area contributed by atoms with Gasteiger partial charge in [0.15, 0.2) is 6.61 Å². The zero-order chi connectivity index (χ0) is 18.2. The molecule has 0 aromatic heterocycles. The molecule has 4 nitrogen and oxygen atoms in total. The lowest BCUT2D eigenvalue weighted by molar-refractivity contribution is -0.125.